The van der Waals surface area contributed by atoms with Gasteiger partial charge in [-0.2, -0.15) is 0 Å². The van der Waals surface area contributed by atoms with Gasteiger partial charge in [-0.3, -0.25) is 0 Å². The van der Waals surface area contributed by atoms with E-state index in [4.69, 9.17) is 14.2 Å². The molecular weight excluding hydrogens is 398 g/mol. The van der Waals surface area contributed by atoms with Crippen molar-refractivity contribution in [1.29, 1.82) is 0 Å². The van der Waals surface area contributed by atoms with Crippen molar-refractivity contribution < 1.29 is 19.0 Å². The number of aliphatic imine (C=N–C) groups is 1. The highest BCUT2D eigenvalue weighted by molar-refractivity contribution is 9.10. The van der Waals surface area contributed by atoms with Gasteiger partial charge >= 0.3 is 5.97 Å². The van der Waals surface area contributed by atoms with Crippen LogP contribution in [-0.2, 0) is 9.53 Å². The van der Waals surface area contributed by atoms with Crippen LogP contribution in [-0.4, -0.2) is 25.6 Å². The van der Waals surface area contributed by atoms with E-state index in [0.29, 0.717) is 18.1 Å². The van der Waals surface area contributed by atoms with Gasteiger partial charge in [0, 0.05) is 10.0 Å². The minimum Gasteiger partial charge on any atom is -0.493 e. The Labute approximate surface area is 159 Å². The van der Waals surface area contributed by atoms with E-state index in [1.807, 2.05) is 30.3 Å². The number of ether oxygens (including phenoxy) is 3. The zero-order valence-corrected chi connectivity index (χ0v) is 15.7. The number of carbonyl (C=O) groups excluding carboxylic acids is 1. The highest BCUT2D eigenvalue weighted by atomic mass is 79.9. The fourth-order valence-corrected chi connectivity index (χ4v) is 2.78. The van der Waals surface area contributed by atoms with Crippen LogP contribution in [0.5, 0.6) is 11.5 Å². The quantitative estimate of drug-likeness (QED) is 0.400. The van der Waals surface area contributed by atoms with Gasteiger partial charge < -0.3 is 14.2 Å². The van der Waals surface area contributed by atoms with Crippen LogP contribution in [0, 0.1) is 0 Å². The van der Waals surface area contributed by atoms with E-state index in [0.717, 1.165) is 15.6 Å². The van der Waals surface area contributed by atoms with Crippen LogP contribution in [0.15, 0.2) is 70.3 Å². The van der Waals surface area contributed by atoms with Gasteiger partial charge in [-0.1, -0.05) is 46.8 Å². The van der Waals surface area contributed by atoms with Crippen molar-refractivity contribution in [2.45, 2.75) is 0 Å². The van der Waals surface area contributed by atoms with Crippen LogP contribution in [0.2, 0.25) is 0 Å². The van der Waals surface area contributed by atoms with Crippen LogP contribution in [0.1, 0.15) is 11.1 Å². The topological polar surface area (TPSA) is 57.1 Å². The Kier molecular flexibility index (Phi) is 5.53. The number of esters is 1. The largest absolute Gasteiger partial charge is 0.493 e. The lowest BCUT2D eigenvalue weighted by Crippen LogP contribution is -2.05. The van der Waals surface area contributed by atoms with E-state index in [2.05, 4.69) is 27.5 Å². The van der Waals surface area contributed by atoms with Crippen molar-refractivity contribution in [1.82, 2.24) is 0 Å². The van der Waals surface area contributed by atoms with Gasteiger partial charge in [0.1, 0.15) is 6.61 Å². The molecule has 0 spiro atoms. The van der Waals surface area contributed by atoms with E-state index in [1.54, 1.807) is 31.4 Å². The lowest BCUT2D eigenvalue weighted by atomic mass is 10.1. The first-order valence-corrected chi connectivity index (χ1v) is 8.61. The van der Waals surface area contributed by atoms with Gasteiger partial charge in [0.25, 0.3) is 0 Å². The average Bonchev–Trinajstić information content (AvgIpc) is 3.03. The second kappa shape index (κ2) is 8.01. The second-order valence-corrected chi connectivity index (χ2v) is 6.18. The van der Waals surface area contributed by atoms with Gasteiger partial charge in [-0.05, 0) is 35.9 Å². The molecule has 0 N–H and O–H groups in total. The summed E-state index contributed by atoms with van der Waals surface area (Å²) in [6.07, 6.45) is 3.29. The zero-order valence-electron chi connectivity index (χ0n) is 14.1. The molecule has 132 valence electrons. The molecule has 1 heterocycles. The Hall–Kier alpha value is -2.86. The smallest absolute Gasteiger partial charge is 0.363 e. The van der Waals surface area contributed by atoms with E-state index in [9.17, 15) is 4.79 Å². The third-order valence-corrected chi connectivity index (χ3v) is 4.26. The highest BCUT2D eigenvalue weighted by Crippen LogP contribution is 2.35. The zero-order chi connectivity index (χ0) is 18.5. The molecule has 3 rings (SSSR count). The average molecular weight is 414 g/mol. The normalized spacial score (nSPS) is 14.8. The van der Waals surface area contributed by atoms with Gasteiger partial charge in [-0.15, -0.1) is 0 Å². The molecule has 5 nitrogen and oxygen atoms in total. The fourth-order valence-electron chi connectivity index (χ4n) is 2.34. The summed E-state index contributed by atoms with van der Waals surface area (Å²) in [4.78, 5) is 16.5. The van der Waals surface area contributed by atoms with Gasteiger partial charge in [-0.25, -0.2) is 9.79 Å². The summed E-state index contributed by atoms with van der Waals surface area (Å²) < 4.78 is 16.9. The molecule has 26 heavy (non-hydrogen) atoms. The van der Waals surface area contributed by atoms with Crippen molar-refractivity contribution >= 4 is 33.9 Å². The number of benzene rings is 2. The van der Waals surface area contributed by atoms with Crippen LogP contribution in [0.25, 0.3) is 6.08 Å². The summed E-state index contributed by atoms with van der Waals surface area (Å²) in [6.45, 7) is 3.99. The predicted molar refractivity (Wildman–Crippen MR) is 103 cm³/mol. The predicted octanol–water partition coefficient (Wildman–Crippen LogP) is 4.37. The highest BCUT2D eigenvalue weighted by Gasteiger charge is 2.24. The molecule has 0 unspecified atom stereocenters. The lowest BCUT2D eigenvalue weighted by Gasteiger charge is -2.11. The molecule has 1 aliphatic heterocycles. The maximum Gasteiger partial charge on any atom is 0.363 e. The summed E-state index contributed by atoms with van der Waals surface area (Å²) in [5.74, 6) is 0.905. The van der Waals surface area contributed by atoms with Crippen molar-refractivity contribution in [3.8, 4) is 11.5 Å². The fraction of sp³-hybridized carbons (Fsp3) is 0.100. The Bertz CT molecular complexity index is 904. The Morgan fingerprint density at radius 2 is 2.00 bits per heavy atom. The summed E-state index contributed by atoms with van der Waals surface area (Å²) in [5.41, 5.74) is 1.68. The third-order valence-electron chi connectivity index (χ3n) is 3.57. The molecule has 0 radical (unpaired) electrons. The van der Waals surface area contributed by atoms with E-state index >= 15 is 0 Å². The van der Waals surface area contributed by atoms with Crippen molar-refractivity contribution in [3.63, 3.8) is 0 Å². The maximum atomic E-state index is 12.1. The SMILES string of the molecule is C=CCOc1cc(Br)c(C=C2N=C(c3ccccc3)OC2=O)cc1OC. The van der Waals surface area contributed by atoms with Gasteiger partial charge in [0.2, 0.25) is 5.90 Å². The molecule has 2 aromatic carbocycles. The van der Waals surface area contributed by atoms with Gasteiger partial charge in [0.15, 0.2) is 17.2 Å². The molecule has 0 aromatic heterocycles. The van der Waals surface area contributed by atoms with Crippen LogP contribution >= 0.6 is 15.9 Å². The molecule has 0 bridgehead atoms. The maximum absolute atomic E-state index is 12.1. The Morgan fingerprint density at radius 1 is 1.23 bits per heavy atom. The molecule has 0 aliphatic carbocycles. The van der Waals surface area contributed by atoms with Crippen LogP contribution in [0.3, 0.4) is 0 Å². The molecule has 6 heteroatoms. The number of carbonyl (C=O) groups is 1. The molecule has 1 aliphatic rings. The number of hydrogen-bond acceptors (Lipinski definition) is 5. The number of cyclic esters (lactones) is 1. The first-order chi connectivity index (χ1) is 12.6. The number of nitrogens with zero attached hydrogens (tertiary/aromatic N) is 1. The summed E-state index contributed by atoms with van der Waals surface area (Å²) in [5, 5.41) is 0. The Balaban J connectivity index is 1.95. The summed E-state index contributed by atoms with van der Waals surface area (Å²) in [7, 11) is 1.55. The van der Waals surface area contributed by atoms with Crippen molar-refractivity contribution in [2.24, 2.45) is 4.99 Å². The molecule has 2 aromatic rings. The molecule has 0 saturated carbocycles. The molecular formula is C20H16BrNO4. The third kappa shape index (κ3) is 3.86. The lowest BCUT2D eigenvalue weighted by molar-refractivity contribution is -0.129. The summed E-state index contributed by atoms with van der Waals surface area (Å²) >= 11 is 3.48. The van der Waals surface area contributed by atoms with Gasteiger partial charge in [0.05, 0.1) is 7.11 Å². The minimum absolute atomic E-state index is 0.214. The van der Waals surface area contributed by atoms with E-state index in [-0.39, 0.29) is 11.6 Å². The number of methoxy groups -OCH3 is 1. The minimum atomic E-state index is -0.498. The standard InChI is InChI=1S/C20H16BrNO4/c1-3-9-25-18-12-15(21)14(11-17(18)24-2)10-16-20(23)26-19(22-16)13-7-5-4-6-8-13/h3-8,10-12H,1,9H2,2H3. The van der Waals surface area contributed by atoms with E-state index < -0.39 is 5.97 Å². The number of hydrogen-bond donors (Lipinski definition) is 0. The van der Waals surface area contributed by atoms with E-state index in [1.165, 1.54) is 0 Å². The van der Waals surface area contributed by atoms with Crippen molar-refractivity contribution in [3.05, 3.63) is 76.4 Å². The number of rotatable bonds is 6. The van der Waals surface area contributed by atoms with Crippen molar-refractivity contribution in [2.75, 3.05) is 13.7 Å². The van der Waals surface area contributed by atoms with Crippen LogP contribution in [0.4, 0.5) is 0 Å². The first kappa shape index (κ1) is 17.9. The molecule has 0 saturated heterocycles. The van der Waals surface area contributed by atoms with Crippen LogP contribution < -0.4 is 9.47 Å². The molecule has 0 atom stereocenters. The molecule has 0 amide bonds. The first-order valence-electron chi connectivity index (χ1n) is 7.81. The monoisotopic (exact) mass is 413 g/mol. The number of halogens is 1. The second-order valence-electron chi connectivity index (χ2n) is 5.33. The summed E-state index contributed by atoms with van der Waals surface area (Å²) in [6, 6.07) is 12.8. The Morgan fingerprint density at radius 3 is 2.69 bits per heavy atom. The molecule has 0 fully saturated rings.